The van der Waals surface area contributed by atoms with E-state index in [1.807, 2.05) is 42.6 Å². The Morgan fingerprint density at radius 2 is 2.06 bits per heavy atom. The first-order valence-corrected chi connectivity index (χ1v) is 12.5. The smallest absolute Gasteiger partial charge is 0.327 e. The molecular weight excluding hydrogens is 464 g/mol. The lowest BCUT2D eigenvalue weighted by Crippen LogP contribution is -2.35. The summed E-state index contributed by atoms with van der Waals surface area (Å²) in [5.41, 5.74) is 2.43. The molecule has 0 fully saturated rings. The summed E-state index contributed by atoms with van der Waals surface area (Å²) in [6, 6.07) is 11.8. The average molecular weight is 495 g/mol. The number of ether oxygens (including phenoxy) is 1. The highest BCUT2D eigenvalue weighted by atomic mass is 32.1. The van der Waals surface area contributed by atoms with E-state index in [4.69, 9.17) is 4.74 Å². The summed E-state index contributed by atoms with van der Waals surface area (Å²) in [7, 11) is 0. The number of carbonyl (C=O) groups is 1. The summed E-state index contributed by atoms with van der Waals surface area (Å²) in [6.07, 6.45) is 0. The maximum atomic E-state index is 13.1. The number of hydrogen-bond acceptors (Lipinski definition) is 8. The second-order valence-corrected chi connectivity index (χ2v) is 9.87. The Balaban J connectivity index is 1.74. The number of esters is 1. The van der Waals surface area contributed by atoms with Crippen LogP contribution in [0.25, 0.3) is 10.9 Å². The highest BCUT2D eigenvalue weighted by Crippen LogP contribution is 2.31. The molecule has 0 aliphatic rings. The number of carbonyl (C=O) groups excluding carboxylic acids is 1. The minimum Gasteiger partial charge on any atom is -0.465 e. The van der Waals surface area contributed by atoms with Crippen molar-refractivity contribution in [3.63, 3.8) is 0 Å². The predicted molar refractivity (Wildman–Crippen MR) is 135 cm³/mol. The predicted octanol–water partition coefficient (Wildman–Crippen LogP) is 3.85. The van der Waals surface area contributed by atoms with Crippen LogP contribution in [0.15, 0.2) is 46.6 Å². The molecule has 9 nitrogen and oxygen atoms in total. The Kier molecular flexibility index (Phi) is 7.72. The van der Waals surface area contributed by atoms with E-state index >= 15 is 0 Å². The number of nitrogens with one attached hydrogen (secondary N) is 1. The largest absolute Gasteiger partial charge is 0.465 e. The Labute approximate surface area is 207 Å². The number of thiophene rings is 1. The molecule has 1 aromatic carbocycles. The van der Waals surface area contributed by atoms with Crippen molar-refractivity contribution in [3.05, 3.63) is 74.0 Å². The highest BCUT2D eigenvalue weighted by molar-refractivity contribution is 7.09. The molecule has 4 aromatic rings. The zero-order valence-corrected chi connectivity index (χ0v) is 21.2. The number of tetrazole rings is 1. The van der Waals surface area contributed by atoms with Gasteiger partial charge in [-0.05, 0) is 58.7 Å². The molecule has 0 aliphatic heterocycles. The molecule has 0 saturated carbocycles. The van der Waals surface area contributed by atoms with E-state index in [-0.39, 0.29) is 24.1 Å². The van der Waals surface area contributed by atoms with Crippen molar-refractivity contribution in [1.82, 2.24) is 30.1 Å². The van der Waals surface area contributed by atoms with Gasteiger partial charge in [0.1, 0.15) is 6.54 Å². The van der Waals surface area contributed by atoms with E-state index in [0.717, 1.165) is 21.3 Å². The molecule has 10 heteroatoms. The molecule has 1 unspecified atom stereocenters. The number of aromatic amines is 1. The van der Waals surface area contributed by atoms with Crippen LogP contribution < -0.4 is 5.56 Å². The van der Waals surface area contributed by atoms with Crippen molar-refractivity contribution in [2.75, 3.05) is 6.61 Å². The molecule has 4 rings (SSSR count). The van der Waals surface area contributed by atoms with Crippen molar-refractivity contribution in [2.24, 2.45) is 5.92 Å². The molecule has 0 bridgehead atoms. The van der Waals surface area contributed by atoms with Gasteiger partial charge in [-0.1, -0.05) is 38.1 Å². The molecular formula is C25H30N6O3S. The fourth-order valence-electron chi connectivity index (χ4n) is 4.37. The SMILES string of the molecule is CCOC(=O)Cn1nnnc1C(C(C)C)N(Cc1cccs1)Cc1cc2cccc(C)c2[nH]c1=O. The van der Waals surface area contributed by atoms with Crippen LogP contribution in [0.1, 0.15) is 48.6 Å². The van der Waals surface area contributed by atoms with Gasteiger partial charge in [-0.25, -0.2) is 4.68 Å². The molecule has 3 aromatic heterocycles. The zero-order valence-electron chi connectivity index (χ0n) is 20.4. The second-order valence-electron chi connectivity index (χ2n) is 8.84. The Morgan fingerprint density at radius 3 is 2.77 bits per heavy atom. The van der Waals surface area contributed by atoms with E-state index in [1.165, 1.54) is 4.68 Å². The number of nitrogens with zero attached hydrogens (tertiary/aromatic N) is 5. The molecule has 184 valence electrons. The number of hydrogen-bond donors (Lipinski definition) is 1. The van der Waals surface area contributed by atoms with E-state index in [2.05, 4.69) is 45.3 Å². The lowest BCUT2D eigenvalue weighted by molar-refractivity contribution is -0.144. The van der Waals surface area contributed by atoms with E-state index in [0.29, 0.717) is 31.1 Å². The van der Waals surface area contributed by atoms with Crippen molar-refractivity contribution < 1.29 is 9.53 Å². The molecule has 0 saturated heterocycles. The number of H-pyrrole nitrogens is 1. The number of benzene rings is 1. The summed E-state index contributed by atoms with van der Waals surface area (Å²) in [4.78, 5) is 31.7. The summed E-state index contributed by atoms with van der Waals surface area (Å²) < 4.78 is 6.60. The summed E-state index contributed by atoms with van der Waals surface area (Å²) in [5.74, 6) is 0.274. The van der Waals surface area contributed by atoms with Gasteiger partial charge in [0.25, 0.3) is 5.56 Å². The van der Waals surface area contributed by atoms with Gasteiger partial charge in [-0.15, -0.1) is 16.4 Å². The Morgan fingerprint density at radius 1 is 1.23 bits per heavy atom. The lowest BCUT2D eigenvalue weighted by atomic mass is 10.00. The van der Waals surface area contributed by atoms with Crippen LogP contribution in [0.3, 0.4) is 0 Å². The van der Waals surface area contributed by atoms with Crippen LogP contribution in [0.4, 0.5) is 0 Å². The molecule has 0 aliphatic carbocycles. The Bertz CT molecular complexity index is 1350. The van der Waals surface area contributed by atoms with Gasteiger partial charge in [0.15, 0.2) is 5.82 Å². The van der Waals surface area contributed by atoms with Gasteiger partial charge in [0.2, 0.25) is 0 Å². The normalized spacial score (nSPS) is 12.5. The second kappa shape index (κ2) is 10.9. The Hall–Kier alpha value is -3.37. The van der Waals surface area contributed by atoms with Crippen LogP contribution in [-0.4, -0.2) is 42.7 Å². The maximum Gasteiger partial charge on any atom is 0.327 e. The number of rotatable bonds is 10. The van der Waals surface area contributed by atoms with Crippen LogP contribution in [-0.2, 0) is 29.2 Å². The average Bonchev–Trinajstić information content (AvgIpc) is 3.48. The van der Waals surface area contributed by atoms with Crippen LogP contribution >= 0.6 is 11.3 Å². The van der Waals surface area contributed by atoms with Crippen molar-refractivity contribution in [2.45, 2.75) is 53.4 Å². The standard InChI is InChI=1S/C25H30N6O3S/c1-5-34-21(32)15-31-24(27-28-29-31)23(16(2)3)30(14-20-10-7-11-35-20)13-19-12-18-9-6-8-17(4)22(18)26-25(19)33/h6-12,16,23H,5,13-15H2,1-4H3,(H,26,33). The number of para-hydroxylation sites is 1. The van der Waals surface area contributed by atoms with Crippen molar-refractivity contribution >= 4 is 28.2 Å². The summed E-state index contributed by atoms with van der Waals surface area (Å²) in [6.45, 7) is 9.15. The summed E-state index contributed by atoms with van der Waals surface area (Å²) in [5, 5.41) is 15.2. The van der Waals surface area contributed by atoms with Gasteiger partial charge in [-0.2, -0.15) is 0 Å². The van der Waals surface area contributed by atoms with Gasteiger partial charge in [0.05, 0.1) is 18.2 Å². The minimum absolute atomic E-state index is 0.0674. The van der Waals surface area contributed by atoms with Gasteiger partial charge >= 0.3 is 5.97 Å². The molecule has 1 atom stereocenters. The molecule has 0 radical (unpaired) electrons. The first kappa shape index (κ1) is 24.7. The van der Waals surface area contributed by atoms with E-state index < -0.39 is 5.97 Å². The van der Waals surface area contributed by atoms with Crippen LogP contribution in [0.5, 0.6) is 0 Å². The quantitative estimate of drug-likeness (QED) is 0.334. The zero-order chi connectivity index (χ0) is 24.9. The third kappa shape index (κ3) is 5.66. The highest BCUT2D eigenvalue weighted by Gasteiger charge is 2.31. The number of pyridine rings is 1. The number of aromatic nitrogens is 5. The lowest BCUT2D eigenvalue weighted by Gasteiger charge is -2.33. The molecule has 0 spiro atoms. The third-order valence-electron chi connectivity index (χ3n) is 5.91. The minimum atomic E-state index is -0.394. The molecule has 35 heavy (non-hydrogen) atoms. The fraction of sp³-hybridized carbons (Fsp3) is 0.400. The topological polar surface area (TPSA) is 106 Å². The molecule has 0 amide bonds. The van der Waals surface area contributed by atoms with Gasteiger partial charge in [0, 0.05) is 23.5 Å². The number of aryl methyl sites for hydroxylation is 1. The monoisotopic (exact) mass is 494 g/mol. The van der Waals surface area contributed by atoms with Crippen LogP contribution in [0, 0.1) is 12.8 Å². The molecule has 3 heterocycles. The molecule has 1 N–H and O–H groups in total. The van der Waals surface area contributed by atoms with E-state index in [9.17, 15) is 9.59 Å². The fourth-order valence-corrected chi connectivity index (χ4v) is 5.10. The van der Waals surface area contributed by atoms with Crippen molar-refractivity contribution in [1.29, 1.82) is 0 Å². The summed E-state index contributed by atoms with van der Waals surface area (Å²) >= 11 is 1.66. The van der Waals surface area contributed by atoms with Crippen molar-refractivity contribution in [3.8, 4) is 0 Å². The number of fused-ring (bicyclic) bond motifs is 1. The maximum absolute atomic E-state index is 13.1. The van der Waals surface area contributed by atoms with E-state index in [1.54, 1.807) is 18.3 Å². The van der Waals surface area contributed by atoms with Crippen LogP contribution in [0.2, 0.25) is 0 Å². The van der Waals surface area contributed by atoms with Gasteiger partial charge < -0.3 is 9.72 Å². The van der Waals surface area contributed by atoms with Gasteiger partial charge in [-0.3, -0.25) is 14.5 Å². The third-order valence-corrected chi connectivity index (χ3v) is 6.77. The first-order chi connectivity index (χ1) is 16.9. The first-order valence-electron chi connectivity index (χ1n) is 11.7.